The van der Waals surface area contributed by atoms with Crippen molar-refractivity contribution in [3.05, 3.63) is 171 Å². The standard InChI is InChI=1S/C41H34N6O5S2/c1-46(2)32-20-16-27(17-21-32)24-35(43-38(48)29-12-7-4-8-13-29)39(49)42-31-18-22-34(23-19-31)54-37(28-10-5-3-6-11-28)40(50)45-41-44-36(26-53-41)30-14-9-15-33(25-30)47(51)52/h3-26,37H,1-2H3,(H,42,49)(H,43,48)(H,44,45,50)/b35-24-. The molecule has 0 aliphatic carbocycles. The Bertz CT molecular complexity index is 2290. The summed E-state index contributed by atoms with van der Waals surface area (Å²) in [4.78, 5) is 58.5. The second kappa shape index (κ2) is 17.3. The molecule has 0 saturated heterocycles. The number of nitro benzene ring substituents is 1. The molecule has 0 fully saturated rings. The summed E-state index contributed by atoms with van der Waals surface area (Å²) >= 11 is 2.55. The van der Waals surface area contributed by atoms with Gasteiger partial charge in [-0.25, -0.2) is 4.98 Å². The minimum Gasteiger partial charge on any atom is -0.378 e. The van der Waals surface area contributed by atoms with Crippen LogP contribution in [0.15, 0.2) is 149 Å². The van der Waals surface area contributed by atoms with E-state index in [1.54, 1.807) is 72.1 Å². The van der Waals surface area contributed by atoms with E-state index in [-0.39, 0.29) is 17.3 Å². The van der Waals surface area contributed by atoms with Crippen LogP contribution in [0.25, 0.3) is 17.3 Å². The van der Waals surface area contributed by atoms with Crippen LogP contribution in [0.3, 0.4) is 0 Å². The third-order valence-electron chi connectivity index (χ3n) is 8.04. The number of aromatic nitrogens is 1. The van der Waals surface area contributed by atoms with Gasteiger partial charge >= 0.3 is 0 Å². The maximum Gasteiger partial charge on any atom is 0.272 e. The Hall–Kier alpha value is -6.57. The molecular weight excluding hydrogens is 721 g/mol. The number of anilines is 3. The number of benzene rings is 5. The van der Waals surface area contributed by atoms with Crippen molar-refractivity contribution >= 4 is 69.1 Å². The molecule has 54 heavy (non-hydrogen) atoms. The second-order valence-electron chi connectivity index (χ2n) is 12.1. The molecule has 0 aliphatic heterocycles. The monoisotopic (exact) mass is 754 g/mol. The molecule has 1 aromatic heterocycles. The molecule has 3 N–H and O–H groups in total. The number of hydrogen-bond donors (Lipinski definition) is 3. The Kier molecular flexibility index (Phi) is 11.9. The highest BCUT2D eigenvalue weighted by Gasteiger charge is 2.24. The molecule has 0 saturated carbocycles. The van der Waals surface area contributed by atoms with E-state index >= 15 is 0 Å². The lowest BCUT2D eigenvalue weighted by Gasteiger charge is -2.17. The average Bonchev–Trinajstić information content (AvgIpc) is 3.66. The van der Waals surface area contributed by atoms with Crippen molar-refractivity contribution in [2.45, 2.75) is 10.1 Å². The minimum absolute atomic E-state index is 0.0464. The summed E-state index contributed by atoms with van der Waals surface area (Å²) in [6, 6.07) is 38.8. The molecule has 1 unspecified atom stereocenters. The zero-order valence-corrected chi connectivity index (χ0v) is 30.8. The smallest absolute Gasteiger partial charge is 0.272 e. The minimum atomic E-state index is -0.654. The Labute approximate surface area is 319 Å². The summed E-state index contributed by atoms with van der Waals surface area (Å²) in [6.07, 6.45) is 1.62. The van der Waals surface area contributed by atoms with Crippen LogP contribution in [0, 0.1) is 10.1 Å². The van der Waals surface area contributed by atoms with Gasteiger partial charge in [0.1, 0.15) is 10.9 Å². The number of thiazole rings is 1. The molecule has 270 valence electrons. The Morgan fingerprint density at radius 1 is 0.833 bits per heavy atom. The normalized spacial score (nSPS) is 11.6. The maximum absolute atomic E-state index is 13.7. The van der Waals surface area contributed by atoms with Gasteiger partial charge < -0.3 is 20.9 Å². The van der Waals surface area contributed by atoms with Crippen LogP contribution >= 0.6 is 23.1 Å². The maximum atomic E-state index is 13.7. The lowest BCUT2D eigenvalue weighted by Crippen LogP contribution is -2.30. The van der Waals surface area contributed by atoms with Gasteiger partial charge in [0.25, 0.3) is 17.5 Å². The van der Waals surface area contributed by atoms with Gasteiger partial charge in [-0.2, -0.15) is 0 Å². The van der Waals surface area contributed by atoms with Gasteiger partial charge in [0.15, 0.2) is 5.13 Å². The summed E-state index contributed by atoms with van der Waals surface area (Å²) in [7, 11) is 3.88. The topological polar surface area (TPSA) is 147 Å². The van der Waals surface area contributed by atoms with Crippen molar-refractivity contribution in [2.24, 2.45) is 0 Å². The molecule has 5 aromatic carbocycles. The van der Waals surface area contributed by atoms with E-state index in [0.717, 1.165) is 21.7 Å². The summed E-state index contributed by atoms with van der Waals surface area (Å²) in [6.45, 7) is 0. The van der Waals surface area contributed by atoms with E-state index < -0.39 is 22.0 Å². The highest BCUT2D eigenvalue weighted by atomic mass is 32.2. The highest BCUT2D eigenvalue weighted by molar-refractivity contribution is 8.00. The van der Waals surface area contributed by atoms with Crippen molar-refractivity contribution in [3.8, 4) is 11.3 Å². The first-order chi connectivity index (χ1) is 26.1. The van der Waals surface area contributed by atoms with Gasteiger partial charge in [0.2, 0.25) is 5.91 Å². The molecule has 0 radical (unpaired) electrons. The first-order valence-electron chi connectivity index (χ1n) is 16.6. The van der Waals surface area contributed by atoms with Crippen molar-refractivity contribution in [1.29, 1.82) is 0 Å². The van der Waals surface area contributed by atoms with E-state index in [1.807, 2.05) is 79.7 Å². The highest BCUT2D eigenvalue weighted by Crippen LogP contribution is 2.37. The largest absolute Gasteiger partial charge is 0.378 e. The van der Waals surface area contributed by atoms with Gasteiger partial charge in [-0.05, 0) is 65.7 Å². The molecule has 0 aliphatic rings. The number of nitrogens with zero attached hydrogens (tertiary/aromatic N) is 3. The Morgan fingerprint density at radius 3 is 2.19 bits per heavy atom. The summed E-state index contributed by atoms with van der Waals surface area (Å²) in [5.74, 6) is -1.23. The number of non-ortho nitro benzene ring substituents is 1. The molecule has 1 atom stereocenters. The second-order valence-corrected chi connectivity index (χ2v) is 14.1. The quantitative estimate of drug-likeness (QED) is 0.0460. The SMILES string of the molecule is CN(C)c1ccc(/C=C(\NC(=O)c2ccccc2)C(=O)Nc2ccc(SC(C(=O)Nc3nc(-c4cccc([N+](=O)[O-])c4)cs3)c3ccccc3)cc2)cc1. The third kappa shape index (κ3) is 9.64. The Morgan fingerprint density at radius 2 is 1.52 bits per heavy atom. The van der Waals surface area contributed by atoms with E-state index in [9.17, 15) is 24.5 Å². The molecule has 0 bridgehead atoms. The van der Waals surface area contributed by atoms with Crippen molar-refractivity contribution in [3.63, 3.8) is 0 Å². The fourth-order valence-electron chi connectivity index (χ4n) is 5.24. The number of nitrogens with one attached hydrogen (secondary N) is 3. The first kappa shape index (κ1) is 37.2. The third-order valence-corrected chi connectivity index (χ3v) is 10.1. The van der Waals surface area contributed by atoms with Crippen LogP contribution in [-0.4, -0.2) is 41.7 Å². The van der Waals surface area contributed by atoms with Crippen molar-refractivity contribution in [1.82, 2.24) is 10.3 Å². The Balaban J connectivity index is 1.17. The molecular formula is C41H34N6O5S2. The van der Waals surface area contributed by atoms with E-state index in [2.05, 4.69) is 20.9 Å². The molecule has 11 nitrogen and oxygen atoms in total. The molecule has 6 rings (SSSR count). The number of nitro groups is 1. The van der Waals surface area contributed by atoms with Crippen LogP contribution in [0.5, 0.6) is 0 Å². The average molecular weight is 755 g/mol. The number of rotatable bonds is 13. The summed E-state index contributed by atoms with van der Waals surface area (Å²) in [5.41, 5.74) is 4.50. The lowest BCUT2D eigenvalue weighted by molar-refractivity contribution is -0.384. The van der Waals surface area contributed by atoms with Crippen LogP contribution in [0.4, 0.5) is 22.2 Å². The lowest BCUT2D eigenvalue weighted by atomic mass is 10.1. The van der Waals surface area contributed by atoms with Gasteiger partial charge in [-0.1, -0.05) is 72.8 Å². The number of amides is 3. The van der Waals surface area contributed by atoms with Crippen molar-refractivity contribution < 1.29 is 19.3 Å². The van der Waals surface area contributed by atoms with Crippen LogP contribution in [0.2, 0.25) is 0 Å². The van der Waals surface area contributed by atoms with Gasteiger partial charge in [0.05, 0.1) is 10.6 Å². The van der Waals surface area contributed by atoms with Gasteiger partial charge in [-0.3, -0.25) is 24.5 Å². The molecule has 13 heteroatoms. The van der Waals surface area contributed by atoms with Gasteiger partial charge in [-0.15, -0.1) is 23.1 Å². The molecule has 1 heterocycles. The number of thioether (sulfide) groups is 1. The van der Waals surface area contributed by atoms with Crippen molar-refractivity contribution in [2.75, 3.05) is 29.6 Å². The van der Waals surface area contributed by atoms with Gasteiger partial charge in [0, 0.05) is 59.0 Å². The fourth-order valence-corrected chi connectivity index (χ4v) is 6.99. The van der Waals surface area contributed by atoms with E-state index in [0.29, 0.717) is 27.6 Å². The zero-order chi connectivity index (χ0) is 38.0. The molecule has 3 amide bonds. The number of carbonyl (C=O) groups is 3. The predicted octanol–water partition coefficient (Wildman–Crippen LogP) is 8.67. The van der Waals surface area contributed by atoms with Crippen LogP contribution < -0.4 is 20.9 Å². The first-order valence-corrected chi connectivity index (χ1v) is 18.4. The van der Waals surface area contributed by atoms with E-state index in [4.69, 9.17) is 0 Å². The number of hydrogen-bond acceptors (Lipinski definition) is 9. The summed E-state index contributed by atoms with van der Waals surface area (Å²) in [5, 5.41) is 21.2. The van der Waals surface area contributed by atoms with Crippen LogP contribution in [-0.2, 0) is 9.59 Å². The zero-order valence-electron chi connectivity index (χ0n) is 29.1. The fraction of sp³-hybridized carbons (Fsp3) is 0.0732. The number of carbonyl (C=O) groups excluding carboxylic acids is 3. The van der Waals surface area contributed by atoms with Crippen LogP contribution in [0.1, 0.15) is 26.7 Å². The molecule has 6 aromatic rings. The summed E-state index contributed by atoms with van der Waals surface area (Å²) < 4.78 is 0. The van der Waals surface area contributed by atoms with E-state index in [1.165, 1.54) is 35.2 Å². The predicted molar refractivity (Wildman–Crippen MR) is 216 cm³/mol. The molecule has 0 spiro atoms.